The molecule has 1 saturated heterocycles. The van der Waals surface area contributed by atoms with E-state index in [1.54, 1.807) is 0 Å². The number of carbonyl (C=O) groups excluding carboxylic acids is 1. The second-order valence-corrected chi connectivity index (χ2v) is 6.05. The fourth-order valence-electron chi connectivity index (χ4n) is 3.27. The second-order valence-electron chi connectivity index (χ2n) is 6.05. The number of hydrogen-bond donors (Lipinski definition) is 0. The number of nitrogens with zero attached hydrogens (tertiary/aromatic N) is 3. The fourth-order valence-corrected chi connectivity index (χ4v) is 3.27. The Balaban J connectivity index is 1.69. The van der Waals surface area contributed by atoms with Crippen LogP contribution in [0.1, 0.15) is 24.0 Å². The Morgan fingerprint density at radius 2 is 2.14 bits per heavy atom. The Morgan fingerprint density at radius 1 is 1.32 bits per heavy atom. The number of fused-ring (bicyclic) bond motifs is 3. The number of aryl methyl sites for hydroxylation is 1. The molecule has 0 radical (unpaired) electrons. The van der Waals surface area contributed by atoms with Crippen LogP contribution in [0.15, 0.2) is 24.4 Å². The van der Waals surface area contributed by atoms with Crippen LogP contribution in [0.4, 0.5) is 0 Å². The quantitative estimate of drug-likeness (QED) is 0.855. The van der Waals surface area contributed by atoms with Crippen molar-refractivity contribution in [1.82, 2.24) is 14.7 Å². The van der Waals surface area contributed by atoms with Crippen molar-refractivity contribution < 1.29 is 9.53 Å². The molecule has 5 heteroatoms. The highest BCUT2D eigenvalue weighted by molar-refractivity contribution is 5.78. The first-order valence-corrected chi connectivity index (χ1v) is 7.78. The fraction of sp³-hybridized carbons (Fsp3) is 0.412. The van der Waals surface area contributed by atoms with Crippen LogP contribution in [0.25, 0.3) is 11.3 Å². The van der Waals surface area contributed by atoms with Crippen molar-refractivity contribution in [3.05, 3.63) is 35.5 Å². The Bertz CT molecular complexity index is 730. The Labute approximate surface area is 129 Å². The summed E-state index contributed by atoms with van der Waals surface area (Å²) < 4.78 is 7.60. The van der Waals surface area contributed by atoms with Crippen LogP contribution in [0, 0.1) is 6.92 Å². The van der Waals surface area contributed by atoms with E-state index in [-0.39, 0.29) is 5.91 Å². The highest BCUT2D eigenvalue weighted by Gasteiger charge is 2.25. The Kier molecular flexibility index (Phi) is 3.13. The molecule has 2 aliphatic heterocycles. The maximum absolute atomic E-state index is 12.4. The van der Waals surface area contributed by atoms with Gasteiger partial charge < -0.3 is 9.64 Å². The van der Waals surface area contributed by atoms with Gasteiger partial charge in [-0.2, -0.15) is 5.10 Å². The smallest absolute Gasteiger partial charge is 0.244 e. The van der Waals surface area contributed by atoms with Crippen molar-refractivity contribution in [2.75, 3.05) is 13.1 Å². The van der Waals surface area contributed by atoms with Gasteiger partial charge in [0.05, 0.1) is 11.9 Å². The van der Waals surface area contributed by atoms with Crippen LogP contribution in [0.5, 0.6) is 5.75 Å². The van der Waals surface area contributed by atoms with Gasteiger partial charge in [0, 0.05) is 24.2 Å². The van der Waals surface area contributed by atoms with Crippen LogP contribution in [-0.2, 0) is 17.9 Å². The van der Waals surface area contributed by atoms with Gasteiger partial charge in [0.2, 0.25) is 5.91 Å². The number of amides is 1. The van der Waals surface area contributed by atoms with Crippen molar-refractivity contribution in [3.63, 3.8) is 0 Å². The van der Waals surface area contributed by atoms with E-state index in [0.717, 1.165) is 48.5 Å². The summed E-state index contributed by atoms with van der Waals surface area (Å²) in [4.78, 5) is 14.3. The van der Waals surface area contributed by atoms with E-state index in [1.807, 2.05) is 27.9 Å². The lowest BCUT2D eigenvalue weighted by molar-refractivity contribution is -0.130. The summed E-state index contributed by atoms with van der Waals surface area (Å²) in [6.45, 7) is 4.64. The predicted octanol–water partition coefficient (Wildman–Crippen LogP) is 2.37. The monoisotopic (exact) mass is 297 g/mol. The van der Waals surface area contributed by atoms with Gasteiger partial charge in [-0.25, -0.2) is 0 Å². The second kappa shape index (κ2) is 5.16. The molecule has 4 rings (SSSR count). The lowest BCUT2D eigenvalue weighted by Crippen LogP contribution is -2.31. The lowest BCUT2D eigenvalue weighted by atomic mass is 10.0. The van der Waals surface area contributed by atoms with Gasteiger partial charge in [-0.3, -0.25) is 9.48 Å². The van der Waals surface area contributed by atoms with Gasteiger partial charge in [0.1, 0.15) is 18.9 Å². The number of likely N-dealkylation sites (tertiary alicyclic amines) is 1. The maximum atomic E-state index is 12.4. The highest BCUT2D eigenvalue weighted by atomic mass is 16.5. The molecule has 2 aliphatic rings. The molecule has 1 fully saturated rings. The third-order valence-corrected chi connectivity index (χ3v) is 4.43. The number of ether oxygens (including phenoxy) is 1. The number of benzene rings is 1. The van der Waals surface area contributed by atoms with Gasteiger partial charge in [-0.15, -0.1) is 0 Å². The first-order chi connectivity index (χ1) is 10.7. The van der Waals surface area contributed by atoms with Crippen LogP contribution in [0.3, 0.4) is 0 Å². The molecule has 3 heterocycles. The molecule has 5 nitrogen and oxygen atoms in total. The van der Waals surface area contributed by atoms with Crippen LogP contribution in [-0.4, -0.2) is 33.7 Å². The molecule has 0 spiro atoms. The van der Waals surface area contributed by atoms with E-state index in [0.29, 0.717) is 13.2 Å². The minimum absolute atomic E-state index is 0.157. The number of hydrogen-bond acceptors (Lipinski definition) is 3. The maximum Gasteiger partial charge on any atom is 0.244 e. The minimum Gasteiger partial charge on any atom is -0.488 e. The summed E-state index contributed by atoms with van der Waals surface area (Å²) >= 11 is 0. The topological polar surface area (TPSA) is 47.4 Å². The predicted molar refractivity (Wildman–Crippen MR) is 82.5 cm³/mol. The zero-order valence-electron chi connectivity index (χ0n) is 12.7. The molecule has 0 saturated carbocycles. The zero-order valence-corrected chi connectivity index (χ0v) is 12.7. The van der Waals surface area contributed by atoms with Crippen molar-refractivity contribution in [2.45, 2.75) is 32.9 Å². The normalized spacial score (nSPS) is 16.1. The van der Waals surface area contributed by atoms with Crippen molar-refractivity contribution in [1.29, 1.82) is 0 Å². The minimum atomic E-state index is 0.157. The van der Waals surface area contributed by atoms with Gasteiger partial charge >= 0.3 is 0 Å². The van der Waals surface area contributed by atoms with Gasteiger partial charge in [0.25, 0.3) is 0 Å². The summed E-state index contributed by atoms with van der Waals surface area (Å²) in [6.07, 6.45) is 4.04. The van der Waals surface area contributed by atoms with Crippen molar-refractivity contribution >= 4 is 5.91 Å². The molecule has 22 heavy (non-hydrogen) atoms. The largest absolute Gasteiger partial charge is 0.488 e. The lowest BCUT2D eigenvalue weighted by Gasteiger charge is -2.21. The van der Waals surface area contributed by atoms with Crippen LogP contribution >= 0.6 is 0 Å². The van der Waals surface area contributed by atoms with E-state index in [4.69, 9.17) is 4.74 Å². The third-order valence-electron chi connectivity index (χ3n) is 4.43. The van der Waals surface area contributed by atoms with Crippen LogP contribution < -0.4 is 4.74 Å². The summed E-state index contributed by atoms with van der Waals surface area (Å²) in [5.41, 5.74) is 4.28. The number of aromatic nitrogens is 2. The average molecular weight is 297 g/mol. The molecular formula is C17H19N3O2. The van der Waals surface area contributed by atoms with E-state index < -0.39 is 0 Å². The van der Waals surface area contributed by atoms with Gasteiger partial charge in [-0.1, -0.05) is 11.6 Å². The highest BCUT2D eigenvalue weighted by Crippen LogP contribution is 2.37. The van der Waals surface area contributed by atoms with Crippen molar-refractivity contribution in [3.8, 4) is 17.0 Å². The van der Waals surface area contributed by atoms with E-state index in [1.165, 1.54) is 5.56 Å². The molecule has 1 aromatic heterocycles. The molecule has 0 N–H and O–H groups in total. The summed E-state index contributed by atoms with van der Waals surface area (Å²) in [7, 11) is 0. The summed E-state index contributed by atoms with van der Waals surface area (Å²) in [5, 5.41) is 4.43. The van der Waals surface area contributed by atoms with Gasteiger partial charge in [0.15, 0.2) is 0 Å². The van der Waals surface area contributed by atoms with E-state index in [2.05, 4.69) is 18.1 Å². The van der Waals surface area contributed by atoms with E-state index >= 15 is 0 Å². The summed E-state index contributed by atoms with van der Waals surface area (Å²) in [6, 6.07) is 6.14. The zero-order chi connectivity index (χ0) is 15.1. The molecule has 1 aromatic carbocycles. The molecular weight excluding hydrogens is 278 g/mol. The number of rotatable bonds is 2. The molecule has 2 aromatic rings. The third kappa shape index (κ3) is 2.17. The molecule has 114 valence electrons. The van der Waals surface area contributed by atoms with Crippen molar-refractivity contribution in [2.24, 2.45) is 0 Å². The molecule has 0 bridgehead atoms. The molecule has 0 unspecified atom stereocenters. The Hall–Kier alpha value is -2.30. The number of carbonyl (C=O) groups is 1. The van der Waals surface area contributed by atoms with E-state index in [9.17, 15) is 4.79 Å². The van der Waals surface area contributed by atoms with Crippen LogP contribution in [0.2, 0.25) is 0 Å². The summed E-state index contributed by atoms with van der Waals surface area (Å²) in [5.74, 6) is 1.03. The molecule has 1 amide bonds. The standard InChI is InChI=1S/C17H19N3O2/c1-12-4-5-15-14(8-12)17-13(11-22-15)9-18-20(17)10-16(21)19-6-2-3-7-19/h4-5,8-9H,2-3,6-7,10-11H2,1H3. The first-order valence-electron chi connectivity index (χ1n) is 7.78. The molecule has 0 atom stereocenters. The molecule has 0 aliphatic carbocycles. The van der Waals surface area contributed by atoms with Gasteiger partial charge in [-0.05, 0) is 31.9 Å². The Morgan fingerprint density at radius 3 is 2.95 bits per heavy atom. The first kappa shape index (κ1) is 13.4. The SMILES string of the molecule is Cc1ccc2c(c1)-c1c(cnn1CC(=O)N1CCCC1)CO2. The average Bonchev–Trinajstić information content (AvgIpc) is 3.16.